The average molecular weight is 548 g/mol. The minimum absolute atomic E-state index is 0.0473. The quantitative estimate of drug-likeness (QED) is 0.386. The number of carbonyl (C=O) groups excluding carboxylic acids is 3. The Bertz CT molecular complexity index is 1470. The summed E-state index contributed by atoms with van der Waals surface area (Å²) < 4.78 is 3.30. The number of para-hydroxylation sites is 1. The molecule has 204 valence electrons. The molecule has 1 saturated heterocycles. The fraction of sp³-hybridized carbons (Fsp3) is 0.345. The lowest BCUT2D eigenvalue weighted by molar-refractivity contribution is -0.129. The van der Waals surface area contributed by atoms with Gasteiger partial charge in [-0.05, 0) is 63.6 Å². The van der Waals surface area contributed by atoms with E-state index in [1.807, 2.05) is 51.1 Å². The Hall–Kier alpha value is -3.92. The Morgan fingerprint density at radius 3 is 2.36 bits per heavy atom. The summed E-state index contributed by atoms with van der Waals surface area (Å²) in [6.45, 7) is 7.30. The number of hydrogen-bond acceptors (Lipinski definition) is 6. The van der Waals surface area contributed by atoms with Crippen LogP contribution >= 0.6 is 11.8 Å². The first-order valence-electron chi connectivity index (χ1n) is 13.0. The lowest BCUT2D eigenvalue weighted by Crippen LogP contribution is -2.40. The van der Waals surface area contributed by atoms with Crippen LogP contribution in [0.1, 0.15) is 56.1 Å². The largest absolute Gasteiger partial charge is 0.326 e. The van der Waals surface area contributed by atoms with Gasteiger partial charge in [0.2, 0.25) is 11.8 Å². The number of hydrogen-bond donors (Lipinski definition) is 1. The number of amides is 2. The molecule has 1 fully saturated rings. The summed E-state index contributed by atoms with van der Waals surface area (Å²) in [5.74, 6) is -0.569. The number of thioether (sulfide) groups is 1. The first-order chi connectivity index (χ1) is 18.6. The molecule has 1 aliphatic rings. The Balaban J connectivity index is 1.62. The van der Waals surface area contributed by atoms with Crippen molar-refractivity contribution in [1.82, 2.24) is 14.3 Å². The van der Waals surface area contributed by atoms with Crippen molar-refractivity contribution in [1.29, 1.82) is 0 Å². The monoisotopic (exact) mass is 547 g/mol. The van der Waals surface area contributed by atoms with Gasteiger partial charge in [0.05, 0.1) is 11.4 Å². The standard InChI is InChI=1S/C29H33N5O4S/c1-6-10-18(2)33-27(37)24(17-25(36)30-22-15-13-21(14-16-22)20(4)35)39-29(33)31-26-19(3)32(5)34(28(26)38)23-11-8-7-9-12-23/h7-9,11-16,18,24H,6,10,17H2,1-5H3,(H,30,36)/t18-,24+/m1/s1. The van der Waals surface area contributed by atoms with Crippen LogP contribution in [0.5, 0.6) is 0 Å². The Labute approximate surface area is 231 Å². The summed E-state index contributed by atoms with van der Waals surface area (Å²) >= 11 is 1.21. The lowest BCUT2D eigenvalue weighted by atomic mass is 10.1. The predicted octanol–water partition coefficient (Wildman–Crippen LogP) is 4.84. The van der Waals surface area contributed by atoms with Crippen LogP contribution < -0.4 is 10.9 Å². The van der Waals surface area contributed by atoms with Gasteiger partial charge in [0.1, 0.15) is 5.25 Å². The Kier molecular flexibility index (Phi) is 8.54. The fourth-order valence-electron chi connectivity index (χ4n) is 4.59. The summed E-state index contributed by atoms with van der Waals surface area (Å²) in [5, 5.41) is 2.57. The highest BCUT2D eigenvalue weighted by Crippen LogP contribution is 2.34. The van der Waals surface area contributed by atoms with Gasteiger partial charge in [-0.1, -0.05) is 43.3 Å². The molecule has 39 heavy (non-hydrogen) atoms. The van der Waals surface area contributed by atoms with Crippen LogP contribution in [0.4, 0.5) is 11.4 Å². The topological polar surface area (TPSA) is 106 Å². The number of nitrogens with one attached hydrogen (secondary N) is 1. The zero-order valence-electron chi connectivity index (χ0n) is 22.8. The molecular weight excluding hydrogens is 514 g/mol. The number of Topliss-reactive ketones (excluding diaryl/α,β-unsaturated/α-hetero) is 1. The number of nitrogens with zero attached hydrogens (tertiary/aromatic N) is 4. The second kappa shape index (κ2) is 11.9. The van der Waals surface area contributed by atoms with Crippen LogP contribution in [0.15, 0.2) is 64.4 Å². The molecule has 0 unspecified atom stereocenters. The molecule has 10 heteroatoms. The van der Waals surface area contributed by atoms with E-state index in [9.17, 15) is 19.2 Å². The molecule has 0 spiro atoms. The highest BCUT2D eigenvalue weighted by molar-refractivity contribution is 8.15. The maximum atomic E-state index is 13.5. The third-order valence-electron chi connectivity index (χ3n) is 6.79. The van der Waals surface area contributed by atoms with Crippen LogP contribution in [0.25, 0.3) is 5.69 Å². The van der Waals surface area contributed by atoms with Gasteiger partial charge in [-0.25, -0.2) is 9.67 Å². The summed E-state index contributed by atoms with van der Waals surface area (Å²) in [6, 6.07) is 15.8. The van der Waals surface area contributed by atoms with Gasteiger partial charge >= 0.3 is 0 Å². The molecule has 1 aliphatic heterocycles. The minimum atomic E-state index is -0.667. The van der Waals surface area contributed by atoms with Crippen LogP contribution in [0.2, 0.25) is 0 Å². The molecule has 0 saturated carbocycles. The Morgan fingerprint density at radius 1 is 1.08 bits per heavy atom. The van der Waals surface area contributed by atoms with Crippen molar-refractivity contribution in [2.45, 2.75) is 58.2 Å². The number of aliphatic imine (C=N–C) groups is 1. The van der Waals surface area contributed by atoms with E-state index >= 15 is 0 Å². The predicted molar refractivity (Wildman–Crippen MR) is 155 cm³/mol. The van der Waals surface area contributed by atoms with Gasteiger partial charge in [0, 0.05) is 30.8 Å². The molecular formula is C29H33N5O4S. The lowest BCUT2D eigenvalue weighted by Gasteiger charge is -2.24. The van der Waals surface area contributed by atoms with Crippen molar-refractivity contribution in [2.75, 3.05) is 5.32 Å². The van der Waals surface area contributed by atoms with Crippen molar-refractivity contribution in [3.05, 3.63) is 76.2 Å². The van der Waals surface area contributed by atoms with E-state index in [4.69, 9.17) is 4.99 Å². The number of benzene rings is 2. The fourth-order valence-corrected chi connectivity index (χ4v) is 5.82. The second-order valence-corrected chi connectivity index (χ2v) is 10.8. The number of aromatic nitrogens is 2. The SMILES string of the molecule is CCC[C@@H](C)N1C(=O)[C@H](CC(=O)Nc2ccc(C(C)=O)cc2)SC1=Nc1c(C)n(C)n(-c2ccccc2)c1=O. The summed E-state index contributed by atoms with van der Waals surface area (Å²) in [5.41, 5.74) is 2.48. The van der Waals surface area contributed by atoms with Crippen LogP contribution in [-0.4, -0.2) is 48.3 Å². The number of ketones is 1. The van der Waals surface area contributed by atoms with Gasteiger partial charge in [-0.15, -0.1) is 0 Å². The third-order valence-corrected chi connectivity index (χ3v) is 7.94. The first-order valence-corrected chi connectivity index (χ1v) is 13.8. The van der Waals surface area contributed by atoms with Crippen molar-refractivity contribution in [2.24, 2.45) is 12.0 Å². The number of carbonyl (C=O) groups is 3. The molecule has 0 aliphatic carbocycles. The van der Waals surface area contributed by atoms with Crippen molar-refractivity contribution in [3.63, 3.8) is 0 Å². The van der Waals surface area contributed by atoms with E-state index in [1.54, 1.807) is 45.6 Å². The van der Waals surface area contributed by atoms with Crippen molar-refractivity contribution in [3.8, 4) is 5.69 Å². The van der Waals surface area contributed by atoms with Crippen molar-refractivity contribution < 1.29 is 14.4 Å². The molecule has 2 atom stereocenters. The maximum Gasteiger partial charge on any atom is 0.297 e. The smallest absolute Gasteiger partial charge is 0.297 e. The van der Waals surface area contributed by atoms with Gasteiger partial charge in [0.25, 0.3) is 5.56 Å². The second-order valence-electron chi connectivity index (χ2n) is 9.64. The van der Waals surface area contributed by atoms with Gasteiger partial charge in [-0.2, -0.15) is 0 Å². The number of rotatable bonds is 9. The number of anilines is 1. The summed E-state index contributed by atoms with van der Waals surface area (Å²) in [4.78, 5) is 57.7. The maximum absolute atomic E-state index is 13.5. The van der Waals surface area contributed by atoms with E-state index in [-0.39, 0.29) is 41.3 Å². The van der Waals surface area contributed by atoms with E-state index in [0.29, 0.717) is 22.1 Å². The highest BCUT2D eigenvalue weighted by Gasteiger charge is 2.41. The normalized spacial score (nSPS) is 17.1. The molecule has 1 aromatic heterocycles. The molecule has 3 aromatic rings. The van der Waals surface area contributed by atoms with E-state index in [0.717, 1.165) is 18.5 Å². The summed E-state index contributed by atoms with van der Waals surface area (Å²) in [7, 11) is 1.80. The molecule has 0 bridgehead atoms. The van der Waals surface area contributed by atoms with Crippen LogP contribution in [0, 0.1) is 6.92 Å². The van der Waals surface area contributed by atoms with Crippen LogP contribution in [0.3, 0.4) is 0 Å². The molecule has 0 radical (unpaired) electrons. The highest BCUT2D eigenvalue weighted by atomic mass is 32.2. The third kappa shape index (κ3) is 5.90. The zero-order chi connectivity index (χ0) is 28.3. The summed E-state index contributed by atoms with van der Waals surface area (Å²) in [6.07, 6.45) is 1.58. The Morgan fingerprint density at radius 2 is 1.74 bits per heavy atom. The molecule has 4 rings (SSSR count). The number of amidine groups is 1. The first kappa shape index (κ1) is 28.1. The van der Waals surface area contributed by atoms with E-state index in [2.05, 4.69) is 5.32 Å². The van der Waals surface area contributed by atoms with E-state index in [1.165, 1.54) is 18.7 Å². The minimum Gasteiger partial charge on any atom is -0.326 e. The zero-order valence-corrected chi connectivity index (χ0v) is 23.6. The molecule has 9 nitrogen and oxygen atoms in total. The molecule has 2 heterocycles. The average Bonchev–Trinajstić information content (AvgIpc) is 3.32. The van der Waals surface area contributed by atoms with Gasteiger partial charge < -0.3 is 5.32 Å². The van der Waals surface area contributed by atoms with Gasteiger partial charge in [-0.3, -0.25) is 28.8 Å². The van der Waals surface area contributed by atoms with E-state index < -0.39 is 5.25 Å². The van der Waals surface area contributed by atoms with Crippen molar-refractivity contribution >= 4 is 45.9 Å². The molecule has 2 amide bonds. The molecule has 1 N–H and O–H groups in total. The van der Waals surface area contributed by atoms with Gasteiger partial charge in [0.15, 0.2) is 16.6 Å². The van der Waals surface area contributed by atoms with Crippen LogP contribution in [-0.2, 0) is 16.6 Å². The molecule has 2 aromatic carbocycles.